The van der Waals surface area contributed by atoms with E-state index in [0.29, 0.717) is 11.4 Å². The van der Waals surface area contributed by atoms with Crippen molar-refractivity contribution in [3.05, 3.63) is 53.6 Å². The van der Waals surface area contributed by atoms with Gasteiger partial charge in [-0.1, -0.05) is 18.2 Å². The van der Waals surface area contributed by atoms with Gasteiger partial charge in [0.25, 0.3) is 5.91 Å². The number of hydrogen-bond donors (Lipinski definition) is 3. The molecule has 2 aromatic carbocycles. The van der Waals surface area contributed by atoms with Crippen molar-refractivity contribution >= 4 is 21.6 Å². The van der Waals surface area contributed by atoms with Crippen LogP contribution in [0.5, 0.6) is 5.75 Å². The number of carbonyl (C=O) groups excluding carboxylic acids is 1. The Morgan fingerprint density at radius 3 is 2.65 bits per heavy atom. The average Bonchev–Trinajstić information content (AvgIpc) is 2.61. The number of nitrogens with one attached hydrogen (secondary N) is 2. The molecule has 26 heavy (non-hydrogen) atoms. The van der Waals surface area contributed by atoms with E-state index in [4.69, 9.17) is 10.5 Å². The van der Waals surface area contributed by atoms with Gasteiger partial charge < -0.3 is 15.8 Å². The molecule has 0 heterocycles. The lowest BCUT2D eigenvalue weighted by Gasteiger charge is -2.11. The predicted octanol–water partition coefficient (Wildman–Crippen LogP) is 1.56. The van der Waals surface area contributed by atoms with Gasteiger partial charge >= 0.3 is 0 Å². The smallest absolute Gasteiger partial charge is 0.262 e. The van der Waals surface area contributed by atoms with Gasteiger partial charge in [-0.15, -0.1) is 0 Å². The first kappa shape index (κ1) is 19.9. The summed E-state index contributed by atoms with van der Waals surface area (Å²) in [7, 11) is -3.66. The molecule has 2 aromatic rings. The minimum atomic E-state index is -3.66. The van der Waals surface area contributed by atoms with Gasteiger partial charge in [0.2, 0.25) is 10.0 Å². The van der Waals surface area contributed by atoms with Gasteiger partial charge in [-0.3, -0.25) is 4.79 Å². The van der Waals surface area contributed by atoms with Crippen LogP contribution in [0, 0.1) is 13.8 Å². The van der Waals surface area contributed by atoms with Gasteiger partial charge in [-0.25, -0.2) is 13.1 Å². The first-order valence-electron chi connectivity index (χ1n) is 8.11. The fraction of sp³-hybridized carbons (Fsp3) is 0.278. The van der Waals surface area contributed by atoms with Crippen molar-refractivity contribution in [3.63, 3.8) is 0 Å². The largest absolute Gasteiger partial charge is 0.483 e. The molecule has 0 atom stereocenters. The maximum atomic E-state index is 12.1. The van der Waals surface area contributed by atoms with E-state index in [9.17, 15) is 13.2 Å². The highest BCUT2D eigenvalue weighted by atomic mass is 32.2. The molecule has 0 unspecified atom stereocenters. The van der Waals surface area contributed by atoms with Crippen LogP contribution in [-0.2, 0) is 14.8 Å². The lowest BCUT2D eigenvalue weighted by Crippen LogP contribution is -2.29. The molecule has 0 radical (unpaired) electrons. The van der Waals surface area contributed by atoms with E-state index in [2.05, 4.69) is 10.0 Å². The number of sulfonamides is 1. The van der Waals surface area contributed by atoms with Crippen LogP contribution in [0.15, 0.2) is 47.4 Å². The maximum absolute atomic E-state index is 12.1. The Morgan fingerprint density at radius 1 is 1.15 bits per heavy atom. The van der Waals surface area contributed by atoms with Gasteiger partial charge in [-0.2, -0.15) is 0 Å². The molecule has 0 aliphatic rings. The Balaban J connectivity index is 2.01. The highest BCUT2D eigenvalue weighted by Gasteiger charge is 2.14. The standard InChI is InChI=1S/C18H23N3O4S/c1-13-6-7-14(2)17(10-13)25-12-18(22)21-15-4-3-5-16(11-15)26(23,24)20-9-8-19/h3-7,10-11,20H,8-9,12,19H2,1-2H3,(H,21,22). The van der Waals surface area contributed by atoms with Crippen molar-refractivity contribution in [1.29, 1.82) is 0 Å². The number of benzene rings is 2. The summed E-state index contributed by atoms with van der Waals surface area (Å²) in [6, 6.07) is 11.7. The monoisotopic (exact) mass is 377 g/mol. The third kappa shape index (κ3) is 5.55. The highest BCUT2D eigenvalue weighted by Crippen LogP contribution is 2.19. The Labute approximate surface area is 153 Å². The predicted molar refractivity (Wildman–Crippen MR) is 101 cm³/mol. The molecule has 0 aliphatic heterocycles. The zero-order chi connectivity index (χ0) is 19.2. The van der Waals surface area contributed by atoms with Crippen molar-refractivity contribution in [2.75, 3.05) is 25.0 Å². The van der Waals surface area contributed by atoms with Crippen molar-refractivity contribution in [3.8, 4) is 5.75 Å². The number of nitrogens with two attached hydrogens (primary N) is 1. The molecule has 4 N–H and O–H groups in total. The van der Waals surface area contributed by atoms with Crippen molar-refractivity contribution in [2.24, 2.45) is 5.73 Å². The zero-order valence-corrected chi connectivity index (χ0v) is 15.6. The van der Waals surface area contributed by atoms with Crippen LogP contribution in [-0.4, -0.2) is 34.0 Å². The highest BCUT2D eigenvalue weighted by molar-refractivity contribution is 7.89. The minimum absolute atomic E-state index is 0.0548. The number of amides is 1. The van der Waals surface area contributed by atoms with E-state index in [1.807, 2.05) is 32.0 Å². The Morgan fingerprint density at radius 2 is 1.92 bits per heavy atom. The van der Waals surface area contributed by atoms with Crippen LogP contribution in [0.3, 0.4) is 0 Å². The molecule has 0 saturated heterocycles. The van der Waals surface area contributed by atoms with Crippen LogP contribution in [0.25, 0.3) is 0 Å². The molecule has 0 saturated carbocycles. The second-order valence-electron chi connectivity index (χ2n) is 5.82. The second kappa shape index (κ2) is 8.79. The first-order valence-corrected chi connectivity index (χ1v) is 9.60. The summed E-state index contributed by atoms with van der Waals surface area (Å²) in [5, 5.41) is 2.63. The Bertz CT molecular complexity index is 882. The third-order valence-electron chi connectivity index (χ3n) is 3.57. The summed E-state index contributed by atoms with van der Waals surface area (Å²) in [5.41, 5.74) is 7.65. The molecule has 2 rings (SSSR count). The van der Waals surface area contributed by atoms with Crippen LogP contribution in [0.4, 0.5) is 5.69 Å². The van der Waals surface area contributed by atoms with Crippen LogP contribution < -0.4 is 20.5 Å². The molecule has 140 valence electrons. The van der Waals surface area contributed by atoms with Crippen molar-refractivity contribution in [2.45, 2.75) is 18.7 Å². The quantitative estimate of drug-likeness (QED) is 0.647. The Hall–Kier alpha value is -2.42. The number of aryl methyl sites for hydroxylation is 2. The average molecular weight is 377 g/mol. The number of carbonyl (C=O) groups is 1. The summed E-state index contributed by atoms with van der Waals surface area (Å²) in [4.78, 5) is 12.2. The van der Waals surface area contributed by atoms with E-state index >= 15 is 0 Å². The lowest BCUT2D eigenvalue weighted by atomic mass is 10.1. The molecular weight excluding hydrogens is 354 g/mol. The molecule has 0 aliphatic carbocycles. The molecule has 0 fully saturated rings. The normalized spacial score (nSPS) is 11.2. The van der Waals surface area contributed by atoms with Gasteiger partial charge in [0.05, 0.1) is 4.90 Å². The number of rotatable bonds is 8. The first-order chi connectivity index (χ1) is 12.3. The molecule has 7 nitrogen and oxygen atoms in total. The van der Waals surface area contributed by atoms with Crippen molar-refractivity contribution < 1.29 is 17.9 Å². The summed E-state index contributed by atoms with van der Waals surface area (Å²) in [6.07, 6.45) is 0. The molecule has 8 heteroatoms. The summed E-state index contributed by atoms with van der Waals surface area (Å²) in [5.74, 6) is 0.262. The van der Waals surface area contributed by atoms with E-state index in [0.717, 1.165) is 11.1 Å². The van der Waals surface area contributed by atoms with E-state index in [-0.39, 0.29) is 30.5 Å². The molecule has 0 spiro atoms. The second-order valence-corrected chi connectivity index (χ2v) is 7.59. The number of anilines is 1. The van der Waals surface area contributed by atoms with Crippen molar-refractivity contribution in [1.82, 2.24) is 4.72 Å². The van der Waals surface area contributed by atoms with E-state index in [1.165, 1.54) is 12.1 Å². The Kier molecular flexibility index (Phi) is 6.73. The summed E-state index contributed by atoms with van der Waals surface area (Å²) < 4.78 is 32.1. The molecule has 1 amide bonds. The fourth-order valence-corrected chi connectivity index (χ4v) is 3.31. The maximum Gasteiger partial charge on any atom is 0.262 e. The van der Waals surface area contributed by atoms with Gasteiger partial charge in [0, 0.05) is 18.8 Å². The third-order valence-corrected chi connectivity index (χ3v) is 5.03. The van der Waals surface area contributed by atoms with Crippen LogP contribution >= 0.6 is 0 Å². The van der Waals surface area contributed by atoms with E-state index < -0.39 is 10.0 Å². The van der Waals surface area contributed by atoms with Crippen LogP contribution in [0.1, 0.15) is 11.1 Å². The fourth-order valence-electron chi connectivity index (χ4n) is 2.22. The van der Waals surface area contributed by atoms with E-state index in [1.54, 1.807) is 12.1 Å². The van der Waals surface area contributed by atoms with Gasteiger partial charge in [-0.05, 0) is 49.2 Å². The van der Waals surface area contributed by atoms with Crippen LogP contribution in [0.2, 0.25) is 0 Å². The molecule has 0 aromatic heterocycles. The number of ether oxygens (including phenoxy) is 1. The zero-order valence-electron chi connectivity index (χ0n) is 14.8. The summed E-state index contributed by atoms with van der Waals surface area (Å²) in [6.45, 7) is 4.01. The minimum Gasteiger partial charge on any atom is -0.483 e. The van der Waals surface area contributed by atoms with Gasteiger partial charge in [0.15, 0.2) is 6.61 Å². The summed E-state index contributed by atoms with van der Waals surface area (Å²) >= 11 is 0. The SMILES string of the molecule is Cc1ccc(C)c(OCC(=O)Nc2cccc(S(=O)(=O)NCCN)c2)c1. The number of hydrogen-bond acceptors (Lipinski definition) is 5. The molecular formula is C18H23N3O4S. The molecule has 0 bridgehead atoms. The van der Waals surface area contributed by atoms with Gasteiger partial charge in [0.1, 0.15) is 5.75 Å². The topological polar surface area (TPSA) is 111 Å². The lowest BCUT2D eigenvalue weighted by molar-refractivity contribution is -0.118.